The van der Waals surface area contributed by atoms with Crippen LogP contribution in [0.15, 0.2) is 78.9 Å². The minimum atomic E-state index is -0.504. The molecule has 5 heteroatoms. The van der Waals surface area contributed by atoms with Gasteiger partial charge in [-0.25, -0.2) is 4.98 Å². The highest BCUT2D eigenvalue weighted by Gasteiger charge is 2.30. The highest BCUT2D eigenvalue weighted by Crippen LogP contribution is 2.30. The van der Waals surface area contributed by atoms with Gasteiger partial charge in [-0.05, 0) is 49.2 Å². The molecule has 1 unspecified atom stereocenters. The predicted octanol–water partition coefficient (Wildman–Crippen LogP) is 5.74. The normalized spacial score (nSPS) is 12.3. The van der Waals surface area contributed by atoms with Crippen molar-refractivity contribution < 1.29 is 4.79 Å². The molecule has 0 bridgehead atoms. The van der Waals surface area contributed by atoms with Gasteiger partial charge in [0.15, 0.2) is 0 Å². The van der Waals surface area contributed by atoms with Crippen LogP contribution in [0.1, 0.15) is 36.8 Å². The Balaban J connectivity index is 1.92. The van der Waals surface area contributed by atoms with Crippen molar-refractivity contribution in [2.75, 3.05) is 7.05 Å². The molecular formula is C26H26ClN3O. The molecule has 4 rings (SSSR count). The number of halogens is 1. The van der Waals surface area contributed by atoms with Gasteiger partial charge in [-0.3, -0.25) is 4.79 Å². The van der Waals surface area contributed by atoms with Crippen molar-refractivity contribution in [3.8, 4) is 0 Å². The first kappa shape index (κ1) is 21.1. The number of amides is 1. The van der Waals surface area contributed by atoms with Crippen LogP contribution < -0.4 is 0 Å². The van der Waals surface area contributed by atoms with Gasteiger partial charge < -0.3 is 9.47 Å². The van der Waals surface area contributed by atoms with Crippen LogP contribution >= 0.6 is 11.6 Å². The van der Waals surface area contributed by atoms with Gasteiger partial charge in [0, 0.05) is 24.5 Å². The minimum absolute atomic E-state index is 0.0386. The van der Waals surface area contributed by atoms with Crippen molar-refractivity contribution in [1.29, 1.82) is 0 Å². The Labute approximate surface area is 188 Å². The van der Waals surface area contributed by atoms with Gasteiger partial charge in [0.25, 0.3) is 0 Å². The lowest BCUT2D eigenvalue weighted by Gasteiger charge is -2.29. The van der Waals surface area contributed by atoms with E-state index in [1.54, 1.807) is 4.90 Å². The lowest BCUT2D eigenvalue weighted by molar-refractivity contribution is -0.133. The molecule has 31 heavy (non-hydrogen) atoms. The average molecular weight is 432 g/mol. The van der Waals surface area contributed by atoms with E-state index < -0.39 is 6.04 Å². The van der Waals surface area contributed by atoms with Crippen molar-refractivity contribution in [3.63, 3.8) is 0 Å². The summed E-state index contributed by atoms with van der Waals surface area (Å²) >= 11 is 6.23. The number of para-hydroxylation sites is 2. The summed E-state index contributed by atoms with van der Waals surface area (Å²) in [5.74, 6) is 0.875. The monoisotopic (exact) mass is 431 g/mol. The number of hydrogen-bond acceptors (Lipinski definition) is 2. The highest BCUT2D eigenvalue weighted by molar-refractivity contribution is 6.30. The van der Waals surface area contributed by atoms with Crippen LogP contribution in [0.25, 0.3) is 11.0 Å². The summed E-state index contributed by atoms with van der Waals surface area (Å²) in [7, 11) is 1.86. The third kappa shape index (κ3) is 4.35. The number of imidazole rings is 1. The Morgan fingerprint density at radius 1 is 1.00 bits per heavy atom. The topological polar surface area (TPSA) is 38.1 Å². The molecule has 1 heterocycles. The molecule has 0 aliphatic carbocycles. The second-order valence-corrected chi connectivity index (χ2v) is 8.49. The number of likely N-dealkylation sites (N-methyl/N-ethyl adjacent to an activating group) is 1. The van der Waals surface area contributed by atoms with Crippen LogP contribution in [0.4, 0.5) is 0 Å². The molecule has 1 amide bonds. The Morgan fingerprint density at radius 2 is 1.71 bits per heavy atom. The number of fused-ring (bicyclic) bond motifs is 1. The Bertz CT molecular complexity index is 1200. The van der Waals surface area contributed by atoms with Crippen molar-refractivity contribution in [1.82, 2.24) is 14.5 Å². The first-order chi connectivity index (χ1) is 15.0. The Kier molecular flexibility index (Phi) is 6.10. The van der Waals surface area contributed by atoms with Gasteiger partial charge in [-0.15, -0.1) is 0 Å². The Hall–Kier alpha value is -3.11. The van der Waals surface area contributed by atoms with E-state index in [1.807, 2.05) is 99.8 Å². The number of nitrogens with zero attached hydrogens (tertiary/aromatic N) is 3. The maximum Gasteiger partial charge on any atom is 0.250 e. The van der Waals surface area contributed by atoms with Crippen molar-refractivity contribution in [2.45, 2.75) is 32.4 Å². The van der Waals surface area contributed by atoms with Crippen LogP contribution in [-0.4, -0.2) is 33.4 Å². The van der Waals surface area contributed by atoms with Crippen LogP contribution in [0, 0.1) is 0 Å². The molecule has 0 radical (unpaired) electrons. The zero-order valence-electron chi connectivity index (χ0n) is 18.0. The summed E-state index contributed by atoms with van der Waals surface area (Å²) in [4.78, 5) is 20.5. The number of rotatable bonds is 6. The molecule has 1 atom stereocenters. The number of carbonyl (C=O) groups excluding carboxylic acids is 1. The van der Waals surface area contributed by atoms with Crippen molar-refractivity contribution in [3.05, 3.63) is 101 Å². The summed E-state index contributed by atoms with van der Waals surface area (Å²) in [6.07, 6.45) is 0.581. The SMILES string of the molecule is CC(C)N(C)C(=O)C(c1ccccc1)n1c(Cc2cccc(Cl)c2)nc2ccccc21. The van der Waals surface area contributed by atoms with Crippen molar-refractivity contribution >= 4 is 28.5 Å². The summed E-state index contributed by atoms with van der Waals surface area (Å²) in [6.45, 7) is 4.05. The van der Waals surface area contributed by atoms with Gasteiger partial charge in [0.2, 0.25) is 5.91 Å². The van der Waals surface area contributed by atoms with Crippen molar-refractivity contribution in [2.24, 2.45) is 0 Å². The van der Waals surface area contributed by atoms with Gasteiger partial charge in [0.05, 0.1) is 11.0 Å². The minimum Gasteiger partial charge on any atom is -0.341 e. The molecule has 0 aliphatic heterocycles. The number of benzene rings is 3. The molecule has 158 valence electrons. The molecule has 0 N–H and O–H groups in total. The summed E-state index contributed by atoms with van der Waals surface area (Å²) in [5.41, 5.74) is 3.82. The number of aromatic nitrogens is 2. The molecule has 4 nitrogen and oxygen atoms in total. The van der Waals surface area contributed by atoms with Gasteiger partial charge in [-0.1, -0.05) is 66.2 Å². The van der Waals surface area contributed by atoms with E-state index in [4.69, 9.17) is 16.6 Å². The first-order valence-corrected chi connectivity index (χ1v) is 10.9. The third-order valence-corrected chi connectivity index (χ3v) is 5.88. The number of hydrogen-bond donors (Lipinski definition) is 0. The smallest absolute Gasteiger partial charge is 0.250 e. The standard InChI is InChI=1S/C26H26ClN3O/c1-18(2)29(3)26(31)25(20-11-5-4-6-12-20)30-23-15-8-7-14-22(23)28-24(30)17-19-10-9-13-21(27)16-19/h4-16,18,25H,17H2,1-3H3. The second kappa shape index (κ2) is 8.94. The largest absolute Gasteiger partial charge is 0.341 e. The molecule has 4 aromatic rings. The maximum atomic E-state index is 13.7. The van der Waals surface area contributed by atoms with Crippen LogP contribution in [0.2, 0.25) is 5.02 Å². The molecule has 0 aliphatic rings. The lowest BCUT2D eigenvalue weighted by atomic mass is 10.0. The maximum absolute atomic E-state index is 13.7. The zero-order chi connectivity index (χ0) is 22.0. The van der Waals surface area contributed by atoms with E-state index in [0.717, 1.165) is 28.0 Å². The molecule has 0 spiro atoms. The number of carbonyl (C=O) groups is 1. The molecule has 0 saturated heterocycles. The van der Waals surface area contributed by atoms with E-state index in [2.05, 4.69) is 4.57 Å². The predicted molar refractivity (Wildman–Crippen MR) is 126 cm³/mol. The summed E-state index contributed by atoms with van der Waals surface area (Å²) < 4.78 is 2.09. The molecule has 3 aromatic carbocycles. The fourth-order valence-electron chi connectivity index (χ4n) is 3.82. The highest BCUT2D eigenvalue weighted by atomic mass is 35.5. The van der Waals surface area contributed by atoms with Crippen LogP contribution in [0.3, 0.4) is 0 Å². The molecular weight excluding hydrogens is 406 g/mol. The van der Waals surface area contributed by atoms with Gasteiger partial charge in [0.1, 0.15) is 11.9 Å². The molecule has 1 aromatic heterocycles. The van der Waals surface area contributed by atoms with Crippen LogP contribution in [-0.2, 0) is 11.2 Å². The fourth-order valence-corrected chi connectivity index (χ4v) is 4.03. The van der Waals surface area contributed by atoms with E-state index in [1.165, 1.54) is 0 Å². The zero-order valence-corrected chi connectivity index (χ0v) is 18.8. The lowest BCUT2D eigenvalue weighted by Crippen LogP contribution is -2.39. The van der Waals surface area contributed by atoms with E-state index in [0.29, 0.717) is 11.4 Å². The second-order valence-electron chi connectivity index (χ2n) is 8.05. The molecule has 0 saturated carbocycles. The summed E-state index contributed by atoms with van der Waals surface area (Å²) in [5, 5.41) is 0.690. The van der Waals surface area contributed by atoms with E-state index >= 15 is 0 Å². The molecule has 0 fully saturated rings. The average Bonchev–Trinajstić information content (AvgIpc) is 3.11. The third-order valence-electron chi connectivity index (χ3n) is 5.65. The van der Waals surface area contributed by atoms with E-state index in [-0.39, 0.29) is 11.9 Å². The van der Waals surface area contributed by atoms with Gasteiger partial charge >= 0.3 is 0 Å². The first-order valence-electron chi connectivity index (χ1n) is 10.5. The van der Waals surface area contributed by atoms with Gasteiger partial charge in [-0.2, -0.15) is 0 Å². The fraction of sp³-hybridized carbons (Fsp3) is 0.231. The van der Waals surface area contributed by atoms with E-state index in [9.17, 15) is 4.79 Å². The van der Waals surface area contributed by atoms with Crippen LogP contribution in [0.5, 0.6) is 0 Å². The summed E-state index contributed by atoms with van der Waals surface area (Å²) in [6, 6.07) is 25.3. The Morgan fingerprint density at radius 3 is 2.42 bits per heavy atom. The quantitative estimate of drug-likeness (QED) is 0.390.